The summed E-state index contributed by atoms with van der Waals surface area (Å²) in [4.78, 5) is 26.6. The van der Waals surface area contributed by atoms with Crippen molar-refractivity contribution in [3.63, 3.8) is 0 Å². The molecule has 1 aromatic rings. The highest BCUT2D eigenvalue weighted by atomic mass is 16.4. The standard InChI is InChI=1S/C10H13N3O3/c1-2-11-9-6-3-4-7(10(15)16)13(6)8(14)5-12-9/h5,7,11H,2-4H2,1H3,(H,15,16). The Bertz CT molecular complexity index is 481. The number of carbonyl (C=O) groups is 1. The average molecular weight is 223 g/mol. The fourth-order valence-corrected chi connectivity index (χ4v) is 2.04. The predicted octanol–water partition coefficient (Wildman–Crippen LogP) is 0.247. The first-order valence-corrected chi connectivity index (χ1v) is 5.22. The van der Waals surface area contributed by atoms with Gasteiger partial charge in [-0.15, -0.1) is 0 Å². The van der Waals surface area contributed by atoms with Crippen LogP contribution in [0.5, 0.6) is 0 Å². The monoisotopic (exact) mass is 223 g/mol. The Morgan fingerprint density at radius 3 is 3.12 bits per heavy atom. The summed E-state index contributed by atoms with van der Waals surface area (Å²) in [6, 6.07) is -0.747. The van der Waals surface area contributed by atoms with Gasteiger partial charge >= 0.3 is 5.97 Å². The Kier molecular flexibility index (Phi) is 2.64. The highest BCUT2D eigenvalue weighted by molar-refractivity contribution is 5.73. The lowest BCUT2D eigenvalue weighted by atomic mass is 10.2. The van der Waals surface area contributed by atoms with Gasteiger partial charge in [0.15, 0.2) is 0 Å². The van der Waals surface area contributed by atoms with Gasteiger partial charge in [0.2, 0.25) is 0 Å². The zero-order valence-corrected chi connectivity index (χ0v) is 8.93. The number of carboxylic acid groups (broad SMARTS) is 1. The van der Waals surface area contributed by atoms with E-state index in [1.165, 1.54) is 10.8 Å². The van der Waals surface area contributed by atoms with Crippen LogP contribution in [0.4, 0.5) is 5.82 Å². The van der Waals surface area contributed by atoms with Gasteiger partial charge < -0.3 is 10.4 Å². The van der Waals surface area contributed by atoms with Crippen molar-refractivity contribution in [2.24, 2.45) is 0 Å². The summed E-state index contributed by atoms with van der Waals surface area (Å²) in [5.41, 5.74) is 0.350. The second-order valence-electron chi connectivity index (χ2n) is 3.68. The minimum atomic E-state index is -0.963. The molecule has 1 aromatic heterocycles. The molecule has 1 aliphatic rings. The van der Waals surface area contributed by atoms with Crippen LogP contribution in [-0.2, 0) is 11.2 Å². The molecule has 0 aromatic carbocycles. The molecule has 0 bridgehead atoms. The predicted molar refractivity (Wildman–Crippen MR) is 57.7 cm³/mol. The maximum Gasteiger partial charge on any atom is 0.326 e. The Labute approximate surface area is 91.9 Å². The number of aromatic nitrogens is 2. The van der Waals surface area contributed by atoms with Crippen molar-refractivity contribution in [2.45, 2.75) is 25.8 Å². The lowest BCUT2D eigenvalue weighted by Crippen LogP contribution is -2.28. The molecular formula is C10H13N3O3. The number of hydrogen-bond donors (Lipinski definition) is 2. The molecule has 86 valence electrons. The summed E-state index contributed by atoms with van der Waals surface area (Å²) >= 11 is 0. The maximum absolute atomic E-state index is 11.6. The third-order valence-corrected chi connectivity index (χ3v) is 2.70. The molecule has 1 unspecified atom stereocenters. The number of fused-ring (bicyclic) bond motifs is 1. The van der Waals surface area contributed by atoms with E-state index in [0.29, 0.717) is 30.9 Å². The number of rotatable bonds is 3. The summed E-state index contributed by atoms with van der Waals surface area (Å²) in [5, 5.41) is 12.0. The molecular weight excluding hydrogens is 210 g/mol. The van der Waals surface area contributed by atoms with Gasteiger partial charge in [-0.25, -0.2) is 9.78 Å². The van der Waals surface area contributed by atoms with Gasteiger partial charge in [-0.1, -0.05) is 0 Å². The summed E-state index contributed by atoms with van der Waals surface area (Å²) in [7, 11) is 0. The van der Waals surface area contributed by atoms with Crippen LogP contribution in [0, 0.1) is 0 Å². The first-order valence-electron chi connectivity index (χ1n) is 5.22. The lowest BCUT2D eigenvalue weighted by molar-refractivity contribution is -0.140. The Morgan fingerprint density at radius 2 is 2.50 bits per heavy atom. The Hall–Kier alpha value is -1.85. The van der Waals surface area contributed by atoms with E-state index in [0.717, 1.165) is 0 Å². The molecule has 1 atom stereocenters. The maximum atomic E-state index is 11.6. The first-order chi connectivity index (χ1) is 7.65. The second kappa shape index (κ2) is 3.96. The van der Waals surface area contributed by atoms with Crippen LogP contribution in [-0.4, -0.2) is 27.2 Å². The van der Waals surface area contributed by atoms with Crippen molar-refractivity contribution >= 4 is 11.8 Å². The van der Waals surface area contributed by atoms with Crippen LogP contribution in [0.2, 0.25) is 0 Å². The number of hydrogen-bond acceptors (Lipinski definition) is 4. The molecule has 2 rings (SSSR count). The zero-order valence-electron chi connectivity index (χ0n) is 8.93. The lowest BCUT2D eigenvalue weighted by Gasteiger charge is -2.12. The van der Waals surface area contributed by atoms with Crippen molar-refractivity contribution < 1.29 is 9.90 Å². The third kappa shape index (κ3) is 1.56. The number of anilines is 1. The van der Waals surface area contributed by atoms with Gasteiger partial charge in [0.25, 0.3) is 5.56 Å². The first kappa shape index (κ1) is 10.7. The van der Waals surface area contributed by atoms with E-state index < -0.39 is 12.0 Å². The van der Waals surface area contributed by atoms with Crippen LogP contribution in [0.1, 0.15) is 25.1 Å². The van der Waals surface area contributed by atoms with Crippen molar-refractivity contribution in [2.75, 3.05) is 11.9 Å². The van der Waals surface area contributed by atoms with Gasteiger partial charge in [0, 0.05) is 6.54 Å². The Balaban J connectivity index is 2.53. The number of nitrogens with one attached hydrogen (secondary N) is 1. The molecule has 16 heavy (non-hydrogen) atoms. The molecule has 6 nitrogen and oxygen atoms in total. The molecule has 2 N–H and O–H groups in total. The molecule has 2 heterocycles. The minimum absolute atomic E-state index is 0.346. The molecule has 0 saturated heterocycles. The fraction of sp³-hybridized carbons (Fsp3) is 0.500. The molecule has 0 radical (unpaired) electrons. The van der Waals surface area contributed by atoms with Crippen molar-refractivity contribution in [1.29, 1.82) is 0 Å². The fourth-order valence-electron chi connectivity index (χ4n) is 2.04. The number of aliphatic carboxylic acids is 1. The normalized spacial score (nSPS) is 18.2. The van der Waals surface area contributed by atoms with Crippen LogP contribution in [0.25, 0.3) is 0 Å². The number of carboxylic acids is 1. The number of nitrogens with zero attached hydrogens (tertiary/aromatic N) is 2. The van der Waals surface area contributed by atoms with E-state index in [1.54, 1.807) is 0 Å². The van der Waals surface area contributed by atoms with Crippen molar-refractivity contribution in [1.82, 2.24) is 9.55 Å². The van der Waals surface area contributed by atoms with E-state index in [9.17, 15) is 9.59 Å². The van der Waals surface area contributed by atoms with Crippen molar-refractivity contribution in [3.05, 3.63) is 22.2 Å². The molecule has 0 spiro atoms. The van der Waals surface area contributed by atoms with Crippen LogP contribution in [0.3, 0.4) is 0 Å². The molecule has 0 saturated carbocycles. The molecule has 0 fully saturated rings. The van der Waals surface area contributed by atoms with E-state index in [4.69, 9.17) is 5.11 Å². The van der Waals surface area contributed by atoms with E-state index >= 15 is 0 Å². The third-order valence-electron chi connectivity index (χ3n) is 2.70. The second-order valence-corrected chi connectivity index (χ2v) is 3.68. The summed E-state index contributed by atoms with van der Waals surface area (Å²) < 4.78 is 1.33. The summed E-state index contributed by atoms with van der Waals surface area (Å²) in [5.74, 6) is -0.347. The van der Waals surface area contributed by atoms with Gasteiger partial charge in [0.05, 0.1) is 11.9 Å². The Morgan fingerprint density at radius 1 is 1.75 bits per heavy atom. The van der Waals surface area contributed by atoms with Gasteiger partial charge in [-0.05, 0) is 19.8 Å². The van der Waals surface area contributed by atoms with Crippen LogP contribution in [0.15, 0.2) is 11.0 Å². The van der Waals surface area contributed by atoms with Gasteiger partial charge in [-0.2, -0.15) is 0 Å². The molecule has 1 aliphatic heterocycles. The van der Waals surface area contributed by atoms with Gasteiger partial charge in [0.1, 0.15) is 11.9 Å². The van der Waals surface area contributed by atoms with Crippen LogP contribution >= 0.6 is 0 Å². The van der Waals surface area contributed by atoms with E-state index in [-0.39, 0.29) is 5.56 Å². The largest absolute Gasteiger partial charge is 0.480 e. The quantitative estimate of drug-likeness (QED) is 0.767. The molecule has 0 aliphatic carbocycles. The highest BCUT2D eigenvalue weighted by Crippen LogP contribution is 2.27. The van der Waals surface area contributed by atoms with Crippen molar-refractivity contribution in [3.8, 4) is 0 Å². The molecule has 0 amide bonds. The zero-order chi connectivity index (χ0) is 11.7. The van der Waals surface area contributed by atoms with Gasteiger partial charge in [-0.3, -0.25) is 9.36 Å². The summed E-state index contributed by atoms with van der Waals surface area (Å²) in [6.45, 7) is 2.61. The molecule has 6 heteroatoms. The average Bonchev–Trinajstić information content (AvgIpc) is 2.68. The SMILES string of the molecule is CCNc1ncc(=O)n2c1CCC2C(=O)O. The smallest absolute Gasteiger partial charge is 0.326 e. The highest BCUT2D eigenvalue weighted by Gasteiger charge is 2.30. The van der Waals surface area contributed by atoms with Crippen LogP contribution < -0.4 is 10.9 Å². The summed E-state index contributed by atoms with van der Waals surface area (Å²) in [6.07, 6.45) is 2.19. The van der Waals surface area contributed by atoms with E-state index in [2.05, 4.69) is 10.3 Å². The minimum Gasteiger partial charge on any atom is -0.480 e. The topological polar surface area (TPSA) is 84.2 Å². The van der Waals surface area contributed by atoms with E-state index in [1.807, 2.05) is 6.92 Å².